The normalized spacial score (nSPS) is 30.3. The van der Waals surface area contributed by atoms with Crippen molar-refractivity contribution in [1.82, 2.24) is 5.32 Å². The zero-order chi connectivity index (χ0) is 17.9. The van der Waals surface area contributed by atoms with Crippen molar-refractivity contribution >= 4 is 18.5 Å². The lowest BCUT2D eigenvalue weighted by Gasteiger charge is -2.39. The van der Waals surface area contributed by atoms with Crippen molar-refractivity contribution in [1.29, 1.82) is 0 Å². The zero-order valence-electron chi connectivity index (χ0n) is 13.7. The molecule has 1 heterocycles. The van der Waals surface area contributed by atoms with Gasteiger partial charge < -0.3 is 35.2 Å². The summed E-state index contributed by atoms with van der Waals surface area (Å²) in [5.41, 5.74) is 0. The number of hydrogen-bond acceptors (Lipinski definition) is 8. The molecule has 1 fully saturated rings. The van der Waals surface area contributed by atoms with Crippen LogP contribution < -0.4 is 5.32 Å². The highest BCUT2D eigenvalue weighted by Gasteiger charge is 2.43. The summed E-state index contributed by atoms with van der Waals surface area (Å²) in [5.74, 6) is 0.726. The maximum atomic E-state index is 11.4. The topological polar surface area (TPSA) is 128 Å². The summed E-state index contributed by atoms with van der Waals surface area (Å²) in [4.78, 5) is 11.4. The molecule has 0 saturated carbocycles. The number of unbranched alkanes of at least 4 members (excludes halogenated alkanes) is 2. The molecule has 8 nitrogen and oxygen atoms in total. The van der Waals surface area contributed by atoms with Crippen LogP contribution in [0.25, 0.3) is 0 Å². The van der Waals surface area contributed by atoms with E-state index < -0.39 is 37.3 Å². The minimum absolute atomic E-state index is 0.0293. The highest BCUT2D eigenvalue weighted by molar-refractivity contribution is 7.80. The van der Waals surface area contributed by atoms with Crippen molar-refractivity contribution in [2.75, 3.05) is 25.5 Å². The first-order valence-corrected chi connectivity index (χ1v) is 8.94. The number of carbonyl (C=O) groups is 1. The third-order valence-electron chi connectivity index (χ3n) is 3.84. The predicted molar refractivity (Wildman–Crippen MR) is 89.7 cm³/mol. The van der Waals surface area contributed by atoms with Gasteiger partial charge in [0, 0.05) is 19.6 Å². The highest BCUT2D eigenvalue weighted by Crippen LogP contribution is 2.22. The second-order valence-corrected chi connectivity index (χ2v) is 6.25. The van der Waals surface area contributed by atoms with Crippen LogP contribution in [0.1, 0.15) is 32.1 Å². The molecule has 0 aliphatic carbocycles. The average Bonchev–Trinajstić information content (AvgIpc) is 2.58. The molecule has 0 unspecified atom stereocenters. The molecule has 0 spiro atoms. The molecule has 1 amide bonds. The van der Waals surface area contributed by atoms with Crippen molar-refractivity contribution in [2.24, 2.45) is 0 Å². The van der Waals surface area contributed by atoms with Crippen LogP contribution >= 0.6 is 12.6 Å². The maximum absolute atomic E-state index is 11.4. The van der Waals surface area contributed by atoms with Crippen LogP contribution in [0.15, 0.2) is 0 Å². The summed E-state index contributed by atoms with van der Waals surface area (Å²) in [7, 11) is 0. The summed E-state index contributed by atoms with van der Waals surface area (Å²) < 4.78 is 10.6. The Morgan fingerprint density at radius 2 is 1.83 bits per heavy atom. The van der Waals surface area contributed by atoms with Crippen LogP contribution in [-0.2, 0) is 14.3 Å². The molecule has 0 bridgehead atoms. The fourth-order valence-electron chi connectivity index (χ4n) is 2.36. The molecule has 24 heavy (non-hydrogen) atoms. The summed E-state index contributed by atoms with van der Waals surface area (Å²) in [5, 5.41) is 41.0. The predicted octanol–water partition coefficient (Wildman–Crippen LogP) is -1.20. The minimum atomic E-state index is -1.42. The van der Waals surface area contributed by atoms with Gasteiger partial charge in [0.15, 0.2) is 6.29 Å². The van der Waals surface area contributed by atoms with E-state index >= 15 is 0 Å². The Morgan fingerprint density at radius 1 is 1.08 bits per heavy atom. The summed E-state index contributed by atoms with van der Waals surface area (Å²) in [6.45, 7) is 0.430. The number of rotatable bonds is 11. The quantitative estimate of drug-likeness (QED) is 0.200. The van der Waals surface area contributed by atoms with Crippen LogP contribution in [0, 0.1) is 0 Å². The largest absolute Gasteiger partial charge is 0.394 e. The van der Waals surface area contributed by atoms with Crippen LogP contribution in [0.3, 0.4) is 0 Å². The lowest BCUT2D eigenvalue weighted by atomic mass is 9.99. The Kier molecular flexibility index (Phi) is 10.8. The zero-order valence-corrected chi connectivity index (χ0v) is 14.6. The van der Waals surface area contributed by atoms with Gasteiger partial charge in [-0.05, 0) is 31.4 Å². The summed E-state index contributed by atoms with van der Waals surface area (Å²) in [6, 6.07) is 0. The number of carbonyl (C=O) groups excluding carboxylic acids is 1. The van der Waals surface area contributed by atoms with Crippen molar-refractivity contribution < 1.29 is 34.7 Å². The van der Waals surface area contributed by atoms with Crippen LogP contribution in [0.5, 0.6) is 0 Å². The van der Waals surface area contributed by atoms with Gasteiger partial charge in [-0.15, -0.1) is 0 Å². The lowest BCUT2D eigenvalue weighted by molar-refractivity contribution is -0.301. The smallest absolute Gasteiger partial charge is 0.220 e. The van der Waals surface area contributed by atoms with Crippen LogP contribution in [-0.4, -0.2) is 82.6 Å². The molecule has 1 rings (SSSR count). The number of aliphatic hydroxyl groups is 4. The van der Waals surface area contributed by atoms with Gasteiger partial charge >= 0.3 is 0 Å². The first-order chi connectivity index (χ1) is 11.5. The Morgan fingerprint density at radius 3 is 2.50 bits per heavy atom. The van der Waals surface area contributed by atoms with Crippen molar-refractivity contribution in [3.63, 3.8) is 0 Å². The van der Waals surface area contributed by atoms with Gasteiger partial charge in [0.25, 0.3) is 0 Å². The minimum Gasteiger partial charge on any atom is -0.394 e. The molecule has 0 radical (unpaired) electrons. The van der Waals surface area contributed by atoms with Gasteiger partial charge in [-0.3, -0.25) is 4.79 Å². The SMILES string of the molecule is O=C(CCCS)NCCCCCO[C@H]1O[C@H](CO)[C@@H](O)[C@H](O)[C@@H]1O. The first kappa shape index (κ1) is 21.6. The Balaban J connectivity index is 2.11. The number of hydrogen-bond donors (Lipinski definition) is 6. The molecule has 142 valence electrons. The molecule has 1 aliphatic rings. The van der Waals surface area contributed by atoms with E-state index in [-0.39, 0.29) is 5.91 Å². The van der Waals surface area contributed by atoms with Gasteiger partial charge in [-0.2, -0.15) is 12.6 Å². The number of thiol groups is 1. The first-order valence-electron chi connectivity index (χ1n) is 8.31. The van der Waals surface area contributed by atoms with E-state index in [9.17, 15) is 20.1 Å². The van der Waals surface area contributed by atoms with Gasteiger partial charge in [-0.1, -0.05) is 0 Å². The molecular weight excluding hydrogens is 338 g/mol. The number of aliphatic hydroxyl groups excluding tert-OH is 4. The third-order valence-corrected chi connectivity index (χ3v) is 4.15. The van der Waals surface area contributed by atoms with Crippen molar-refractivity contribution in [3.8, 4) is 0 Å². The molecular formula is C15H29NO7S. The Labute approximate surface area is 147 Å². The van der Waals surface area contributed by atoms with E-state index in [1.165, 1.54) is 0 Å². The fraction of sp³-hybridized carbons (Fsp3) is 0.933. The highest BCUT2D eigenvalue weighted by atomic mass is 32.1. The van der Waals surface area contributed by atoms with E-state index in [0.717, 1.165) is 19.3 Å². The van der Waals surface area contributed by atoms with Crippen molar-refractivity contribution in [2.45, 2.75) is 62.8 Å². The maximum Gasteiger partial charge on any atom is 0.220 e. The summed E-state index contributed by atoms with van der Waals surface area (Å²) >= 11 is 4.05. The van der Waals surface area contributed by atoms with E-state index in [4.69, 9.17) is 14.6 Å². The van der Waals surface area contributed by atoms with Crippen LogP contribution in [0.4, 0.5) is 0 Å². The van der Waals surface area contributed by atoms with Crippen LogP contribution in [0.2, 0.25) is 0 Å². The third kappa shape index (κ3) is 7.22. The number of ether oxygens (including phenoxy) is 2. The molecule has 5 atom stereocenters. The van der Waals surface area contributed by atoms with Gasteiger partial charge in [0.05, 0.1) is 6.61 Å². The molecule has 0 aromatic rings. The number of amides is 1. The van der Waals surface area contributed by atoms with E-state index in [0.29, 0.717) is 31.7 Å². The van der Waals surface area contributed by atoms with E-state index in [2.05, 4.69) is 17.9 Å². The molecule has 1 saturated heterocycles. The van der Waals surface area contributed by atoms with Crippen molar-refractivity contribution in [3.05, 3.63) is 0 Å². The summed E-state index contributed by atoms with van der Waals surface area (Å²) in [6.07, 6.45) is -2.62. The second-order valence-electron chi connectivity index (χ2n) is 5.81. The van der Waals surface area contributed by atoms with E-state index in [1.807, 2.05) is 0 Å². The monoisotopic (exact) mass is 367 g/mol. The van der Waals surface area contributed by atoms with Gasteiger partial charge in [0.1, 0.15) is 24.4 Å². The molecule has 9 heteroatoms. The van der Waals surface area contributed by atoms with Gasteiger partial charge in [-0.25, -0.2) is 0 Å². The second kappa shape index (κ2) is 12.0. The lowest BCUT2D eigenvalue weighted by Crippen LogP contribution is -2.59. The number of nitrogens with one attached hydrogen (secondary N) is 1. The Bertz CT molecular complexity index is 359. The molecule has 1 aliphatic heterocycles. The average molecular weight is 367 g/mol. The molecule has 0 aromatic carbocycles. The molecule has 0 aromatic heterocycles. The molecule has 5 N–H and O–H groups in total. The van der Waals surface area contributed by atoms with E-state index in [1.54, 1.807) is 0 Å². The Hall–Kier alpha value is -0.420. The standard InChI is InChI=1S/C15H29NO7S/c17-9-10-12(19)13(20)14(21)15(23-10)22-7-3-1-2-6-16-11(18)5-4-8-24/h10,12-15,17,19-21,24H,1-9H2,(H,16,18)/t10-,12-,13+,14+,15+/m1/s1. The van der Waals surface area contributed by atoms with Gasteiger partial charge in [0.2, 0.25) is 5.91 Å². The fourth-order valence-corrected chi connectivity index (χ4v) is 2.52.